The van der Waals surface area contributed by atoms with Gasteiger partial charge in [0.25, 0.3) is 0 Å². The van der Waals surface area contributed by atoms with Crippen LogP contribution in [-0.4, -0.2) is 11.1 Å². The summed E-state index contributed by atoms with van der Waals surface area (Å²) < 4.78 is 0.143. The van der Waals surface area contributed by atoms with Gasteiger partial charge in [0.05, 0.1) is 0 Å². The zero-order chi connectivity index (χ0) is 10.4. The molecule has 72 valence electrons. The average molecular weight is 253 g/mol. The second kappa shape index (κ2) is 5.40. The molecule has 14 heavy (non-hydrogen) atoms. The van der Waals surface area contributed by atoms with Crippen LogP contribution in [0.15, 0.2) is 47.0 Å². The van der Waals surface area contributed by atoms with Gasteiger partial charge in [-0.25, -0.2) is 4.79 Å². The lowest BCUT2D eigenvalue weighted by Crippen LogP contribution is -1.91. The van der Waals surface area contributed by atoms with Gasteiger partial charge in [0.2, 0.25) is 0 Å². The molecule has 0 atom stereocenters. The van der Waals surface area contributed by atoms with Crippen molar-refractivity contribution < 1.29 is 9.90 Å². The van der Waals surface area contributed by atoms with Crippen LogP contribution in [-0.2, 0) is 4.79 Å². The van der Waals surface area contributed by atoms with Crippen molar-refractivity contribution in [2.24, 2.45) is 0 Å². The molecule has 1 rings (SSSR count). The van der Waals surface area contributed by atoms with E-state index < -0.39 is 5.97 Å². The molecule has 1 N–H and O–H groups in total. The van der Waals surface area contributed by atoms with Crippen molar-refractivity contribution in [2.75, 3.05) is 0 Å². The zero-order valence-electron chi connectivity index (χ0n) is 7.35. The maximum atomic E-state index is 10.4. The molecule has 0 amide bonds. The quantitative estimate of drug-likeness (QED) is 0.664. The predicted octanol–water partition coefficient (Wildman–Crippen LogP) is 3.06. The third-order valence-electron chi connectivity index (χ3n) is 1.54. The monoisotopic (exact) mass is 252 g/mol. The fourth-order valence-corrected chi connectivity index (χ4v) is 1.03. The zero-order valence-corrected chi connectivity index (χ0v) is 8.94. The maximum Gasteiger partial charge on any atom is 0.342 e. The second-order valence-corrected chi connectivity index (χ2v) is 3.44. The third kappa shape index (κ3) is 3.58. The van der Waals surface area contributed by atoms with E-state index in [-0.39, 0.29) is 4.48 Å². The Kier molecular flexibility index (Phi) is 4.13. The van der Waals surface area contributed by atoms with Crippen molar-refractivity contribution in [3.05, 3.63) is 52.5 Å². The number of carbonyl (C=O) groups is 1. The van der Waals surface area contributed by atoms with E-state index in [1.54, 1.807) is 6.08 Å². The summed E-state index contributed by atoms with van der Waals surface area (Å²) in [5, 5.41) is 8.53. The second-order valence-electron chi connectivity index (χ2n) is 2.59. The molecule has 0 aliphatic rings. The highest BCUT2D eigenvalue weighted by Gasteiger charge is 1.97. The number of aliphatic carboxylic acids is 1. The van der Waals surface area contributed by atoms with E-state index in [1.165, 1.54) is 6.08 Å². The highest BCUT2D eigenvalue weighted by molar-refractivity contribution is 9.12. The fourth-order valence-electron chi connectivity index (χ4n) is 0.879. The summed E-state index contributed by atoms with van der Waals surface area (Å²) in [6, 6.07) is 9.67. The molecule has 3 heteroatoms. The summed E-state index contributed by atoms with van der Waals surface area (Å²) in [5.41, 5.74) is 1.04. The number of hydrogen-bond acceptors (Lipinski definition) is 1. The number of rotatable bonds is 3. The van der Waals surface area contributed by atoms with Gasteiger partial charge in [-0.1, -0.05) is 42.5 Å². The number of carboxylic acid groups (broad SMARTS) is 1. The van der Waals surface area contributed by atoms with Crippen LogP contribution in [0, 0.1) is 0 Å². The minimum atomic E-state index is -0.970. The van der Waals surface area contributed by atoms with E-state index in [9.17, 15) is 4.79 Å². The Hall–Kier alpha value is -1.35. The largest absolute Gasteiger partial charge is 0.477 e. The van der Waals surface area contributed by atoms with Gasteiger partial charge >= 0.3 is 5.97 Å². The van der Waals surface area contributed by atoms with Crippen molar-refractivity contribution in [2.45, 2.75) is 0 Å². The van der Waals surface area contributed by atoms with E-state index in [4.69, 9.17) is 5.11 Å². The predicted molar refractivity (Wildman–Crippen MR) is 60.1 cm³/mol. The first-order valence-corrected chi connectivity index (χ1v) is 4.81. The molecule has 0 aliphatic carbocycles. The summed E-state index contributed by atoms with van der Waals surface area (Å²) in [6.45, 7) is 0. The molecule has 0 spiro atoms. The Bertz CT molecular complexity index is 366. The summed E-state index contributed by atoms with van der Waals surface area (Å²) >= 11 is 2.93. The van der Waals surface area contributed by atoms with E-state index in [1.807, 2.05) is 36.4 Å². The van der Waals surface area contributed by atoms with Crippen molar-refractivity contribution in [3.63, 3.8) is 0 Å². The van der Waals surface area contributed by atoms with Crippen LogP contribution in [0.5, 0.6) is 0 Å². The fraction of sp³-hybridized carbons (Fsp3) is 0. The summed E-state index contributed by atoms with van der Waals surface area (Å²) in [7, 11) is 0. The minimum absolute atomic E-state index is 0.143. The van der Waals surface area contributed by atoms with Crippen LogP contribution in [0.3, 0.4) is 0 Å². The molecule has 0 bridgehead atoms. The van der Waals surface area contributed by atoms with Gasteiger partial charge in [-0.2, -0.15) is 0 Å². The Morgan fingerprint density at radius 3 is 2.50 bits per heavy atom. The van der Waals surface area contributed by atoms with E-state index in [2.05, 4.69) is 15.9 Å². The molecule has 0 aromatic heterocycles. The highest BCUT2D eigenvalue weighted by Crippen LogP contribution is 2.06. The molecule has 0 saturated heterocycles. The first-order valence-electron chi connectivity index (χ1n) is 4.02. The van der Waals surface area contributed by atoms with Gasteiger partial charge in [0, 0.05) is 0 Å². The first kappa shape index (κ1) is 10.7. The minimum Gasteiger partial charge on any atom is -0.477 e. The lowest BCUT2D eigenvalue weighted by molar-refractivity contribution is -0.131. The molecule has 0 heterocycles. The van der Waals surface area contributed by atoms with Gasteiger partial charge in [-0.3, -0.25) is 0 Å². The van der Waals surface area contributed by atoms with Crippen LogP contribution in [0.2, 0.25) is 0 Å². The molecular weight excluding hydrogens is 244 g/mol. The number of hydrogen-bond donors (Lipinski definition) is 1. The molecular formula is C11H9BrO2. The Morgan fingerprint density at radius 2 is 1.93 bits per heavy atom. The van der Waals surface area contributed by atoms with Gasteiger partial charge in [-0.15, -0.1) is 0 Å². The number of benzene rings is 1. The van der Waals surface area contributed by atoms with Crippen LogP contribution in [0.1, 0.15) is 5.56 Å². The van der Waals surface area contributed by atoms with Crippen LogP contribution >= 0.6 is 15.9 Å². The molecule has 0 fully saturated rings. The molecule has 0 saturated carbocycles. The summed E-state index contributed by atoms with van der Waals surface area (Å²) in [5.74, 6) is -0.970. The molecule has 0 radical (unpaired) electrons. The summed E-state index contributed by atoms with van der Waals surface area (Å²) in [6.07, 6.45) is 5.02. The van der Waals surface area contributed by atoms with Crippen molar-refractivity contribution >= 4 is 28.0 Å². The number of carboxylic acids is 1. The average Bonchev–Trinajstić information content (AvgIpc) is 2.19. The van der Waals surface area contributed by atoms with Crippen molar-refractivity contribution in [3.8, 4) is 0 Å². The molecule has 2 nitrogen and oxygen atoms in total. The molecule has 1 aromatic rings. The van der Waals surface area contributed by atoms with Crippen molar-refractivity contribution in [1.29, 1.82) is 0 Å². The standard InChI is InChI=1S/C11H9BrO2/c12-10(11(13)14)8-4-7-9-5-2-1-3-6-9/h1-8H,(H,13,14)/b7-4+,10-8-. The lowest BCUT2D eigenvalue weighted by Gasteiger charge is -1.89. The van der Waals surface area contributed by atoms with Crippen molar-refractivity contribution in [1.82, 2.24) is 0 Å². The third-order valence-corrected chi connectivity index (χ3v) is 2.14. The highest BCUT2D eigenvalue weighted by atomic mass is 79.9. The maximum absolute atomic E-state index is 10.4. The van der Waals surface area contributed by atoms with E-state index >= 15 is 0 Å². The van der Waals surface area contributed by atoms with Gasteiger partial charge in [0.1, 0.15) is 4.48 Å². The Labute approximate surface area is 90.7 Å². The van der Waals surface area contributed by atoms with Gasteiger partial charge < -0.3 is 5.11 Å². The molecule has 0 aliphatic heterocycles. The SMILES string of the molecule is O=C(O)/C(Br)=C/C=C/c1ccccc1. The van der Waals surface area contributed by atoms with Gasteiger partial charge in [0.15, 0.2) is 0 Å². The topological polar surface area (TPSA) is 37.3 Å². The van der Waals surface area contributed by atoms with E-state index in [0.29, 0.717) is 0 Å². The number of halogens is 1. The molecule has 0 unspecified atom stereocenters. The normalized spacial score (nSPS) is 11.9. The lowest BCUT2D eigenvalue weighted by atomic mass is 10.2. The first-order chi connectivity index (χ1) is 6.70. The van der Waals surface area contributed by atoms with Crippen LogP contribution in [0.25, 0.3) is 6.08 Å². The number of allylic oxidation sites excluding steroid dienone is 2. The van der Waals surface area contributed by atoms with Gasteiger partial charge in [-0.05, 0) is 27.6 Å². The van der Waals surface area contributed by atoms with Crippen LogP contribution in [0.4, 0.5) is 0 Å². The Balaban J connectivity index is 2.66. The van der Waals surface area contributed by atoms with E-state index in [0.717, 1.165) is 5.56 Å². The van der Waals surface area contributed by atoms with Crippen LogP contribution < -0.4 is 0 Å². The Morgan fingerprint density at radius 1 is 1.29 bits per heavy atom. The summed E-state index contributed by atoms with van der Waals surface area (Å²) in [4.78, 5) is 10.4. The molecule has 1 aromatic carbocycles. The smallest absolute Gasteiger partial charge is 0.342 e.